The van der Waals surface area contributed by atoms with E-state index in [1.54, 1.807) is 6.92 Å². The van der Waals surface area contributed by atoms with Crippen LogP contribution in [0.2, 0.25) is 5.02 Å². The van der Waals surface area contributed by atoms with Crippen molar-refractivity contribution in [3.8, 4) is 5.75 Å². The summed E-state index contributed by atoms with van der Waals surface area (Å²) in [6.07, 6.45) is 0.665. The summed E-state index contributed by atoms with van der Waals surface area (Å²) in [6.45, 7) is 8.08. The molecule has 0 aromatic heterocycles. The molecule has 2 aromatic rings. The minimum atomic E-state index is -1.21. The lowest BCUT2D eigenvalue weighted by Crippen LogP contribution is -2.55. The van der Waals surface area contributed by atoms with Crippen molar-refractivity contribution in [3.63, 3.8) is 0 Å². The molecule has 0 unspecified atom stereocenters. The number of aliphatic hydroxyl groups is 1. The first-order valence-corrected chi connectivity index (χ1v) is 12.0. The molecule has 4 atom stereocenters. The number of ether oxygens (including phenoxy) is 1. The normalized spacial score (nSPS) is 22.8. The predicted octanol–water partition coefficient (Wildman–Crippen LogP) is 4.12. The Balaban J connectivity index is 1.52. The fourth-order valence-corrected chi connectivity index (χ4v) is 4.49. The van der Waals surface area contributed by atoms with Crippen LogP contribution in [0, 0.1) is 11.7 Å². The number of carboxylic acid groups (broad SMARTS) is 1. The molecular formula is C26H34ClFN2O4. The zero-order valence-corrected chi connectivity index (χ0v) is 20.7. The molecule has 34 heavy (non-hydrogen) atoms. The highest BCUT2D eigenvalue weighted by atomic mass is 35.5. The number of carboxylic acids is 1. The quantitative estimate of drug-likeness (QED) is 0.463. The molecule has 1 heterocycles. The number of aliphatic carboxylic acids is 1. The van der Waals surface area contributed by atoms with Crippen molar-refractivity contribution in [2.45, 2.75) is 57.8 Å². The van der Waals surface area contributed by atoms with Crippen LogP contribution in [0.15, 0.2) is 42.5 Å². The Morgan fingerprint density at radius 2 is 1.97 bits per heavy atom. The molecule has 1 aliphatic heterocycles. The lowest BCUT2D eigenvalue weighted by atomic mass is 9.88. The minimum absolute atomic E-state index is 0.0879. The van der Waals surface area contributed by atoms with E-state index in [1.807, 2.05) is 12.1 Å². The number of piperidine rings is 1. The van der Waals surface area contributed by atoms with E-state index in [0.717, 1.165) is 30.6 Å². The first-order valence-electron chi connectivity index (χ1n) is 11.6. The smallest absolute Gasteiger partial charge is 0.307 e. The second kappa shape index (κ2) is 11.5. The maximum atomic E-state index is 13.6. The molecule has 0 amide bonds. The van der Waals surface area contributed by atoms with Crippen LogP contribution in [0.25, 0.3) is 0 Å². The number of benzene rings is 2. The van der Waals surface area contributed by atoms with Gasteiger partial charge in [-0.2, -0.15) is 0 Å². The van der Waals surface area contributed by atoms with Crippen LogP contribution in [-0.4, -0.2) is 58.5 Å². The van der Waals surface area contributed by atoms with Crippen molar-refractivity contribution < 1.29 is 24.1 Å². The molecule has 6 nitrogen and oxygen atoms in total. The van der Waals surface area contributed by atoms with Gasteiger partial charge >= 0.3 is 5.97 Å². The van der Waals surface area contributed by atoms with Gasteiger partial charge in [0.05, 0.1) is 6.42 Å². The van der Waals surface area contributed by atoms with Crippen molar-refractivity contribution in [1.29, 1.82) is 0 Å². The lowest BCUT2D eigenvalue weighted by molar-refractivity contribution is -0.136. The second-order valence-electron chi connectivity index (χ2n) is 9.71. The first-order chi connectivity index (χ1) is 16.0. The molecule has 0 aliphatic carbocycles. The summed E-state index contributed by atoms with van der Waals surface area (Å²) < 4.78 is 19.3. The van der Waals surface area contributed by atoms with Crippen LogP contribution >= 0.6 is 11.6 Å². The summed E-state index contributed by atoms with van der Waals surface area (Å²) in [5, 5.41) is 24.1. The number of nitrogens with zero attached hydrogens (tertiary/aromatic N) is 1. The SMILES string of the molecule is C[C@H]1CN(Cc2ccc(Cl)cc2)[C@@H](C)C[C@H]1NC[C@](C)(O)COc1cc(F)ccc1CC(=O)O. The van der Waals surface area contributed by atoms with Gasteiger partial charge in [0.25, 0.3) is 0 Å². The number of likely N-dealkylation sites (tertiary alicyclic amines) is 1. The summed E-state index contributed by atoms with van der Waals surface area (Å²) in [6, 6.07) is 12.3. The highest BCUT2D eigenvalue weighted by molar-refractivity contribution is 6.30. The maximum absolute atomic E-state index is 13.6. The molecule has 0 saturated carbocycles. The minimum Gasteiger partial charge on any atom is -0.490 e. The van der Waals surface area contributed by atoms with Crippen molar-refractivity contribution in [2.24, 2.45) is 5.92 Å². The Labute approximate surface area is 205 Å². The number of carbonyl (C=O) groups is 1. The largest absolute Gasteiger partial charge is 0.490 e. The molecule has 0 spiro atoms. The van der Waals surface area contributed by atoms with Crippen LogP contribution < -0.4 is 10.1 Å². The van der Waals surface area contributed by atoms with Gasteiger partial charge in [-0.15, -0.1) is 0 Å². The summed E-state index contributed by atoms with van der Waals surface area (Å²) >= 11 is 6.00. The van der Waals surface area contributed by atoms with Crippen molar-refractivity contribution in [1.82, 2.24) is 10.2 Å². The van der Waals surface area contributed by atoms with Gasteiger partial charge in [0.15, 0.2) is 0 Å². The average Bonchev–Trinajstić information content (AvgIpc) is 2.76. The Bertz CT molecular complexity index is 970. The zero-order chi connectivity index (χ0) is 24.9. The third kappa shape index (κ3) is 7.67. The number of halogens is 2. The van der Waals surface area contributed by atoms with Gasteiger partial charge in [-0.3, -0.25) is 9.69 Å². The molecular weight excluding hydrogens is 459 g/mol. The molecule has 0 bridgehead atoms. The summed E-state index contributed by atoms with van der Waals surface area (Å²) in [5.74, 6) is -1.03. The number of rotatable bonds is 10. The van der Waals surface area contributed by atoms with E-state index in [0.29, 0.717) is 24.1 Å². The van der Waals surface area contributed by atoms with Crippen LogP contribution in [0.4, 0.5) is 4.39 Å². The van der Waals surface area contributed by atoms with Crippen molar-refractivity contribution in [2.75, 3.05) is 19.7 Å². The predicted molar refractivity (Wildman–Crippen MR) is 131 cm³/mol. The van der Waals surface area contributed by atoms with E-state index >= 15 is 0 Å². The van der Waals surface area contributed by atoms with Gasteiger partial charge in [0.1, 0.15) is 23.8 Å². The monoisotopic (exact) mass is 492 g/mol. The van der Waals surface area contributed by atoms with Gasteiger partial charge < -0.3 is 20.3 Å². The summed E-state index contributed by atoms with van der Waals surface area (Å²) in [4.78, 5) is 13.5. The van der Waals surface area contributed by atoms with Gasteiger partial charge in [-0.25, -0.2) is 4.39 Å². The Morgan fingerprint density at radius 3 is 2.65 bits per heavy atom. The van der Waals surface area contributed by atoms with E-state index < -0.39 is 17.4 Å². The Hall–Kier alpha value is -2.19. The maximum Gasteiger partial charge on any atom is 0.307 e. The van der Waals surface area contributed by atoms with E-state index in [-0.39, 0.29) is 24.8 Å². The first kappa shape index (κ1) is 26.4. The summed E-state index contributed by atoms with van der Waals surface area (Å²) in [5.41, 5.74) is 0.388. The van der Waals surface area contributed by atoms with Gasteiger partial charge in [0, 0.05) is 48.4 Å². The molecule has 0 radical (unpaired) electrons. The molecule has 3 rings (SSSR count). The van der Waals surface area contributed by atoms with E-state index in [2.05, 4.69) is 36.2 Å². The molecule has 1 aliphatic rings. The fraction of sp³-hybridized carbons (Fsp3) is 0.500. The van der Waals surface area contributed by atoms with Crippen molar-refractivity contribution in [3.05, 3.63) is 64.4 Å². The third-order valence-electron chi connectivity index (χ3n) is 6.38. The van der Waals surface area contributed by atoms with Gasteiger partial charge in [-0.05, 0) is 49.9 Å². The molecule has 2 aromatic carbocycles. The highest BCUT2D eigenvalue weighted by Crippen LogP contribution is 2.26. The number of nitrogens with one attached hydrogen (secondary N) is 1. The lowest BCUT2D eigenvalue weighted by Gasteiger charge is -2.43. The van der Waals surface area contributed by atoms with E-state index in [1.165, 1.54) is 17.7 Å². The highest BCUT2D eigenvalue weighted by Gasteiger charge is 2.32. The van der Waals surface area contributed by atoms with Crippen molar-refractivity contribution >= 4 is 17.6 Å². The zero-order valence-electron chi connectivity index (χ0n) is 19.9. The van der Waals surface area contributed by atoms with Gasteiger partial charge in [0.2, 0.25) is 0 Å². The third-order valence-corrected chi connectivity index (χ3v) is 6.63. The fourth-order valence-electron chi connectivity index (χ4n) is 4.36. The topological polar surface area (TPSA) is 82.0 Å². The Kier molecular flexibility index (Phi) is 8.93. The second-order valence-corrected chi connectivity index (χ2v) is 10.1. The molecule has 8 heteroatoms. The molecule has 186 valence electrons. The summed E-state index contributed by atoms with van der Waals surface area (Å²) in [7, 11) is 0. The standard InChI is InChI=1S/C26H34ClFN2O4/c1-17-13-30(14-19-4-7-21(27)8-5-19)18(2)10-23(17)29-15-26(3,33)16-34-24-12-22(28)9-6-20(24)11-25(31)32/h4-9,12,17-18,23,29,33H,10-11,13-16H2,1-3H3,(H,31,32)/t17-,18-,23+,26-/m0/s1. The molecule has 1 saturated heterocycles. The number of hydrogen-bond acceptors (Lipinski definition) is 5. The van der Waals surface area contributed by atoms with E-state index in [9.17, 15) is 14.3 Å². The van der Waals surface area contributed by atoms with Gasteiger partial charge in [-0.1, -0.05) is 36.7 Å². The average molecular weight is 493 g/mol. The molecule has 1 fully saturated rings. The van der Waals surface area contributed by atoms with E-state index in [4.69, 9.17) is 21.4 Å². The van der Waals surface area contributed by atoms with Crippen LogP contribution in [0.1, 0.15) is 38.3 Å². The van der Waals surface area contributed by atoms with Crippen LogP contribution in [-0.2, 0) is 17.8 Å². The van der Waals surface area contributed by atoms with Crippen LogP contribution in [0.3, 0.4) is 0 Å². The Morgan fingerprint density at radius 1 is 1.26 bits per heavy atom. The molecule has 3 N–H and O–H groups in total. The number of hydrogen-bond donors (Lipinski definition) is 3. The van der Waals surface area contributed by atoms with Crippen LogP contribution in [0.5, 0.6) is 5.75 Å².